The third-order valence-electron chi connectivity index (χ3n) is 6.35. The molecule has 0 heterocycles. The van der Waals surface area contributed by atoms with Gasteiger partial charge in [-0.1, -0.05) is 12.1 Å². The molecular weight excluding hydrogens is 260 g/mol. The van der Waals surface area contributed by atoms with E-state index in [1.165, 1.54) is 38.5 Å². The molecule has 1 unspecified atom stereocenters. The smallest absolute Gasteiger partial charge is 0.123 e. The minimum Gasteiger partial charge on any atom is -0.508 e. The SMILES string of the molecule is C=CC(c1c(O)cccc1O)C12CC3CC(CC(C3)C1)C2. The fourth-order valence-electron chi connectivity index (χ4n) is 6.09. The van der Waals surface area contributed by atoms with Gasteiger partial charge in [0.1, 0.15) is 11.5 Å². The Morgan fingerprint density at radius 1 is 1.00 bits per heavy atom. The molecule has 5 rings (SSSR count). The zero-order valence-corrected chi connectivity index (χ0v) is 12.5. The van der Waals surface area contributed by atoms with Crippen LogP contribution in [0.5, 0.6) is 11.5 Å². The molecule has 0 aromatic heterocycles. The topological polar surface area (TPSA) is 40.5 Å². The molecule has 2 N–H and O–H groups in total. The van der Waals surface area contributed by atoms with Crippen LogP contribution in [0, 0.1) is 23.2 Å². The van der Waals surface area contributed by atoms with Crippen molar-refractivity contribution in [3.05, 3.63) is 36.4 Å². The van der Waals surface area contributed by atoms with Gasteiger partial charge in [0.25, 0.3) is 0 Å². The molecular formula is C19H24O2. The first-order valence-corrected chi connectivity index (χ1v) is 8.25. The first-order chi connectivity index (χ1) is 10.1. The summed E-state index contributed by atoms with van der Waals surface area (Å²) in [5.74, 6) is 3.07. The standard InChI is InChI=1S/C19H24O2/c1-2-15(18-16(20)4-3-5-17(18)21)19-9-12-6-13(10-19)8-14(7-12)11-19/h2-5,12-15,20-21H,1,6-11H2. The highest BCUT2D eigenvalue weighted by Gasteiger charge is 2.54. The molecule has 0 amide bonds. The molecule has 0 saturated heterocycles. The first kappa shape index (κ1) is 13.2. The Balaban J connectivity index is 1.78. The van der Waals surface area contributed by atoms with Gasteiger partial charge in [0.05, 0.1) is 0 Å². The van der Waals surface area contributed by atoms with Crippen molar-refractivity contribution in [2.75, 3.05) is 0 Å². The van der Waals surface area contributed by atoms with Crippen molar-refractivity contribution in [2.24, 2.45) is 23.2 Å². The van der Waals surface area contributed by atoms with E-state index in [1.807, 2.05) is 6.08 Å². The van der Waals surface area contributed by atoms with Gasteiger partial charge in [-0.25, -0.2) is 0 Å². The maximum Gasteiger partial charge on any atom is 0.123 e. The average Bonchev–Trinajstić information content (AvgIpc) is 2.41. The maximum absolute atomic E-state index is 10.3. The van der Waals surface area contributed by atoms with Crippen molar-refractivity contribution in [2.45, 2.75) is 44.4 Å². The lowest BCUT2D eigenvalue weighted by atomic mass is 9.46. The summed E-state index contributed by atoms with van der Waals surface area (Å²) in [6, 6.07) is 5.08. The van der Waals surface area contributed by atoms with E-state index in [-0.39, 0.29) is 22.8 Å². The van der Waals surface area contributed by atoms with Gasteiger partial charge in [-0.05, 0) is 73.8 Å². The number of aromatic hydroxyl groups is 2. The van der Waals surface area contributed by atoms with E-state index in [4.69, 9.17) is 0 Å². The lowest BCUT2D eigenvalue weighted by Crippen LogP contribution is -2.48. The summed E-state index contributed by atoms with van der Waals surface area (Å²) in [4.78, 5) is 0. The van der Waals surface area contributed by atoms with E-state index in [0.29, 0.717) is 5.56 Å². The predicted octanol–water partition coefficient (Wildman–Crippen LogP) is 4.58. The van der Waals surface area contributed by atoms with E-state index in [1.54, 1.807) is 18.2 Å². The molecule has 4 saturated carbocycles. The number of hydrogen-bond acceptors (Lipinski definition) is 2. The van der Waals surface area contributed by atoms with Crippen LogP contribution in [0.1, 0.15) is 50.0 Å². The number of hydrogen-bond donors (Lipinski definition) is 2. The zero-order chi connectivity index (χ0) is 14.6. The number of phenolic OH excluding ortho intramolecular Hbond substituents is 2. The lowest BCUT2D eigenvalue weighted by Gasteiger charge is -2.59. The van der Waals surface area contributed by atoms with Crippen LogP contribution in [0.15, 0.2) is 30.9 Å². The molecule has 4 bridgehead atoms. The van der Waals surface area contributed by atoms with Crippen LogP contribution < -0.4 is 0 Å². The van der Waals surface area contributed by atoms with Gasteiger partial charge in [-0.3, -0.25) is 0 Å². The monoisotopic (exact) mass is 284 g/mol. The van der Waals surface area contributed by atoms with E-state index >= 15 is 0 Å². The normalized spacial score (nSPS) is 38.4. The van der Waals surface area contributed by atoms with Crippen LogP contribution in [0.2, 0.25) is 0 Å². The second-order valence-electron chi connectivity index (χ2n) is 7.70. The Morgan fingerprint density at radius 3 is 1.90 bits per heavy atom. The second kappa shape index (κ2) is 4.53. The fraction of sp³-hybridized carbons (Fsp3) is 0.579. The number of rotatable bonds is 3. The fourth-order valence-corrected chi connectivity index (χ4v) is 6.09. The molecule has 1 atom stereocenters. The molecule has 112 valence electrons. The third kappa shape index (κ3) is 1.91. The van der Waals surface area contributed by atoms with Crippen molar-refractivity contribution >= 4 is 0 Å². The molecule has 4 fully saturated rings. The number of benzene rings is 1. The molecule has 1 aromatic rings. The van der Waals surface area contributed by atoms with E-state index in [9.17, 15) is 10.2 Å². The number of phenols is 2. The van der Waals surface area contributed by atoms with Crippen LogP contribution in [-0.2, 0) is 0 Å². The van der Waals surface area contributed by atoms with Gasteiger partial charge in [0.2, 0.25) is 0 Å². The molecule has 4 aliphatic carbocycles. The van der Waals surface area contributed by atoms with Gasteiger partial charge in [-0.15, -0.1) is 6.58 Å². The Morgan fingerprint density at radius 2 is 1.48 bits per heavy atom. The summed E-state index contributed by atoms with van der Waals surface area (Å²) < 4.78 is 0. The van der Waals surface area contributed by atoms with Gasteiger partial charge in [0.15, 0.2) is 0 Å². The van der Waals surface area contributed by atoms with Crippen LogP contribution in [0.4, 0.5) is 0 Å². The summed E-state index contributed by atoms with van der Waals surface area (Å²) in [5.41, 5.74) is 0.918. The van der Waals surface area contributed by atoms with E-state index in [2.05, 4.69) is 6.58 Å². The second-order valence-corrected chi connectivity index (χ2v) is 7.70. The molecule has 21 heavy (non-hydrogen) atoms. The van der Waals surface area contributed by atoms with Crippen molar-refractivity contribution < 1.29 is 10.2 Å². The van der Waals surface area contributed by atoms with Gasteiger partial charge < -0.3 is 10.2 Å². The summed E-state index contributed by atoms with van der Waals surface area (Å²) in [6.07, 6.45) is 9.89. The Labute approximate surface area is 126 Å². The molecule has 2 heteroatoms. The highest BCUT2D eigenvalue weighted by Crippen LogP contribution is 2.65. The van der Waals surface area contributed by atoms with Crippen LogP contribution in [0.25, 0.3) is 0 Å². The third-order valence-corrected chi connectivity index (χ3v) is 6.35. The molecule has 0 aliphatic heterocycles. The molecule has 2 nitrogen and oxygen atoms in total. The summed E-state index contributed by atoms with van der Waals surface area (Å²) in [6.45, 7) is 4.05. The van der Waals surface area contributed by atoms with Crippen LogP contribution in [-0.4, -0.2) is 10.2 Å². The van der Waals surface area contributed by atoms with Crippen molar-refractivity contribution in [3.63, 3.8) is 0 Å². The minimum atomic E-state index is 0.0760. The Hall–Kier alpha value is -1.44. The summed E-state index contributed by atoms with van der Waals surface area (Å²) >= 11 is 0. The molecule has 4 aliphatic rings. The van der Waals surface area contributed by atoms with Gasteiger partial charge >= 0.3 is 0 Å². The van der Waals surface area contributed by atoms with Crippen molar-refractivity contribution in [1.82, 2.24) is 0 Å². The predicted molar refractivity (Wildman–Crippen MR) is 83.3 cm³/mol. The minimum absolute atomic E-state index is 0.0760. The Kier molecular flexibility index (Phi) is 2.85. The molecule has 1 aromatic carbocycles. The van der Waals surface area contributed by atoms with Gasteiger partial charge in [0, 0.05) is 11.5 Å². The highest BCUT2D eigenvalue weighted by molar-refractivity contribution is 5.48. The summed E-state index contributed by atoms with van der Waals surface area (Å²) in [5, 5.41) is 20.6. The quantitative estimate of drug-likeness (QED) is 0.797. The lowest BCUT2D eigenvalue weighted by molar-refractivity contribution is -0.0611. The zero-order valence-electron chi connectivity index (χ0n) is 12.5. The van der Waals surface area contributed by atoms with E-state index < -0.39 is 0 Å². The van der Waals surface area contributed by atoms with E-state index in [0.717, 1.165) is 17.8 Å². The maximum atomic E-state index is 10.3. The van der Waals surface area contributed by atoms with Crippen LogP contribution >= 0.6 is 0 Å². The molecule has 0 spiro atoms. The van der Waals surface area contributed by atoms with Crippen molar-refractivity contribution in [3.8, 4) is 11.5 Å². The number of allylic oxidation sites excluding steroid dienone is 1. The van der Waals surface area contributed by atoms with Crippen LogP contribution in [0.3, 0.4) is 0 Å². The molecule has 0 radical (unpaired) electrons. The average molecular weight is 284 g/mol. The Bertz CT molecular complexity index is 519. The first-order valence-electron chi connectivity index (χ1n) is 8.25. The largest absolute Gasteiger partial charge is 0.508 e. The highest BCUT2D eigenvalue weighted by atomic mass is 16.3. The van der Waals surface area contributed by atoms with Crippen molar-refractivity contribution in [1.29, 1.82) is 0 Å². The van der Waals surface area contributed by atoms with Gasteiger partial charge in [-0.2, -0.15) is 0 Å². The summed E-state index contributed by atoms with van der Waals surface area (Å²) in [7, 11) is 0.